The molecule has 1 heterocycles. The van der Waals surface area contributed by atoms with E-state index in [9.17, 15) is 10.1 Å². The molecule has 0 spiro atoms. The highest BCUT2D eigenvalue weighted by atomic mass is 79.9. The Labute approximate surface area is 129 Å². The first-order valence-electron chi connectivity index (χ1n) is 5.89. The van der Waals surface area contributed by atoms with Gasteiger partial charge in [0.25, 0.3) is 0 Å². The van der Waals surface area contributed by atoms with Crippen LogP contribution in [-0.2, 0) is 0 Å². The maximum Gasteiger partial charge on any atom is 0.185 e. The zero-order chi connectivity index (χ0) is 14.7. The molecule has 0 aliphatic carbocycles. The van der Waals surface area contributed by atoms with E-state index in [-0.39, 0.29) is 5.78 Å². The van der Waals surface area contributed by atoms with Gasteiger partial charge in [-0.15, -0.1) is 11.3 Å². The Morgan fingerprint density at radius 3 is 2.75 bits per heavy atom. The summed E-state index contributed by atoms with van der Waals surface area (Å²) in [5.41, 5.74) is 2.14. The van der Waals surface area contributed by atoms with Crippen molar-refractivity contribution in [3.05, 3.63) is 50.1 Å². The molecule has 2 rings (SSSR count). The number of carbonyl (C=O) groups is 1. The Kier molecular flexibility index (Phi) is 4.58. The third-order valence-electron chi connectivity index (χ3n) is 2.94. The van der Waals surface area contributed by atoms with E-state index in [0.29, 0.717) is 16.9 Å². The molecule has 1 aromatic heterocycles. The fourth-order valence-corrected chi connectivity index (χ4v) is 3.10. The Morgan fingerprint density at radius 2 is 2.20 bits per heavy atom. The van der Waals surface area contributed by atoms with Gasteiger partial charge in [0.2, 0.25) is 0 Å². The molecule has 0 bridgehead atoms. The topological polar surface area (TPSA) is 50.1 Å². The van der Waals surface area contributed by atoms with Crippen molar-refractivity contribution in [3.8, 4) is 11.8 Å². The van der Waals surface area contributed by atoms with Gasteiger partial charge >= 0.3 is 0 Å². The van der Waals surface area contributed by atoms with Gasteiger partial charge in [-0.3, -0.25) is 4.79 Å². The van der Waals surface area contributed by atoms with Crippen LogP contribution in [-0.4, -0.2) is 12.9 Å². The van der Waals surface area contributed by atoms with Crippen molar-refractivity contribution in [2.75, 3.05) is 7.11 Å². The minimum absolute atomic E-state index is 0.210. The van der Waals surface area contributed by atoms with Crippen molar-refractivity contribution in [1.29, 1.82) is 5.26 Å². The van der Waals surface area contributed by atoms with Crippen LogP contribution in [0, 0.1) is 18.3 Å². The van der Waals surface area contributed by atoms with E-state index in [0.717, 1.165) is 9.35 Å². The molecular weight excluding hydrogens is 338 g/mol. The van der Waals surface area contributed by atoms with Crippen LogP contribution < -0.4 is 4.74 Å². The minimum atomic E-state index is -0.855. The summed E-state index contributed by atoms with van der Waals surface area (Å²) in [5.74, 6) is -0.505. The number of methoxy groups -OCH3 is 1. The molecule has 0 N–H and O–H groups in total. The second-order valence-electron chi connectivity index (χ2n) is 4.31. The number of carbonyl (C=O) groups excluding carboxylic acids is 1. The molecule has 102 valence electrons. The van der Waals surface area contributed by atoms with Crippen molar-refractivity contribution in [3.63, 3.8) is 0 Å². The van der Waals surface area contributed by atoms with Crippen LogP contribution >= 0.6 is 27.3 Å². The zero-order valence-corrected chi connectivity index (χ0v) is 13.4. The highest BCUT2D eigenvalue weighted by Gasteiger charge is 2.25. The van der Waals surface area contributed by atoms with Gasteiger partial charge in [-0.1, -0.05) is 17.7 Å². The van der Waals surface area contributed by atoms with Gasteiger partial charge < -0.3 is 4.74 Å². The lowest BCUT2D eigenvalue weighted by Crippen LogP contribution is -2.12. The van der Waals surface area contributed by atoms with Gasteiger partial charge in [-0.25, -0.2) is 0 Å². The van der Waals surface area contributed by atoms with Crippen molar-refractivity contribution < 1.29 is 9.53 Å². The SMILES string of the molecule is COc1ccc(C)cc1C(C#N)C(=O)c1csc(Br)c1. The van der Waals surface area contributed by atoms with Gasteiger partial charge in [0.05, 0.1) is 17.0 Å². The summed E-state index contributed by atoms with van der Waals surface area (Å²) in [5, 5.41) is 11.1. The number of Topliss-reactive ketones (excluding diaryl/α,β-unsaturated/α-hetero) is 1. The summed E-state index contributed by atoms with van der Waals surface area (Å²) in [7, 11) is 1.54. The first kappa shape index (κ1) is 14.8. The van der Waals surface area contributed by atoms with Crippen LogP contribution in [0.2, 0.25) is 0 Å². The summed E-state index contributed by atoms with van der Waals surface area (Å²) in [6.45, 7) is 1.92. The van der Waals surface area contributed by atoms with E-state index in [4.69, 9.17) is 4.74 Å². The van der Waals surface area contributed by atoms with Crippen molar-refractivity contribution >= 4 is 33.0 Å². The molecule has 0 aliphatic heterocycles. The average Bonchev–Trinajstić information content (AvgIpc) is 2.86. The molecule has 20 heavy (non-hydrogen) atoms. The van der Waals surface area contributed by atoms with Gasteiger partial charge in [0.1, 0.15) is 11.7 Å². The molecule has 0 radical (unpaired) electrons. The van der Waals surface area contributed by atoms with Crippen LogP contribution in [0.1, 0.15) is 27.4 Å². The molecule has 0 amide bonds. The van der Waals surface area contributed by atoms with E-state index in [1.165, 1.54) is 18.4 Å². The monoisotopic (exact) mass is 349 g/mol. The lowest BCUT2D eigenvalue weighted by atomic mass is 9.91. The second-order valence-corrected chi connectivity index (χ2v) is 6.60. The molecule has 2 aromatic rings. The smallest absolute Gasteiger partial charge is 0.185 e. The fraction of sp³-hybridized carbons (Fsp3) is 0.200. The number of nitrogens with zero attached hydrogens (tertiary/aromatic N) is 1. The van der Waals surface area contributed by atoms with Gasteiger partial charge in [0.15, 0.2) is 5.78 Å². The average molecular weight is 350 g/mol. The van der Waals surface area contributed by atoms with E-state index in [1.807, 2.05) is 19.1 Å². The molecule has 1 atom stereocenters. The highest BCUT2D eigenvalue weighted by Crippen LogP contribution is 2.31. The second kappa shape index (κ2) is 6.21. The highest BCUT2D eigenvalue weighted by molar-refractivity contribution is 9.11. The van der Waals surface area contributed by atoms with Crippen molar-refractivity contribution in [2.24, 2.45) is 0 Å². The molecule has 5 heteroatoms. The summed E-state index contributed by atoms with van der Waals surface area (Å²) in [4.78, 5) is 12.5. The Hall–Kier alpha value is -1.64. The number of hydrogen-bond donors (Lipinski definition) is 0. The minimum Gasteiger partial charge on any atom is -0.496 e. The van der Waals surface area contributed by atoms with Crippen LogP contribution in [0.3, 0.4) is 0 Å². The summed E-state index contributed by atoms with van der Waals surface area (Å²) in [6, 6.07) is 9.32. The number of rotatable bonds is 4. The quantitative estimate of drug-likeness (QED) is 0.772. The number of nitriles is 1. The van der Waals surface area contributed by atoms with Gasteiger partial charge in [-0.05, 0) is 35.0 Å². The van der Waals surface area contributed by atoms with Crippen LogP contribution in [0.25, 0.3) is 0 Å². The number of halogens is 1. The number of benzene rings is 1. The third kappa shape index (κ3) is 2.92. The molecule has 1 aromatic carbocycles. The largest absolute Gasteiger partial charge is 0.496 e. The third-order valence-corrected chi connectivity index (χ3v) is 4.44. The first-order valence-corrected chi connectivity index (χ1v) is 7.56. The van der Waals surface area contributed by atoms with Crippen molar-refractivity contribution in [1.82, 2.24) is 0 Å². The lowest BCUT2D eigenvalue weighted by Gasteiger charge is -2.13. The molecule has 0 saturated heterocycles. The van der Waals surface area contributed by atoms with Gasteiger partial charge in [-0.2, -0.15) is 5.26 Å². The van der Waals surface area contributed by atoms with Gasteiger partial charge in [0, 0.05) is 16.5 Å². The molecular formula is C15H12BrNO2S. The predicted octanol–water partition coefficient (Wildman–Crippen LogP) is 4.32. The predicted molar refractivity (Wildman–Crippen MR) is 82.4 cm³/mol. The molecule has 3 nitrogen and oxygen atoms in total. The van der Waals surface area contributed by atoms with E-state index >= 15 is 0 Å². The number of thiophene rings is 1. The maximum atomic E-state index is 12.5. The molecule has 0 saturated carbocycles. The number of ketones is 1. The van der Waals surface area contributed by atoms with E-state index in [2.05, 4.69) is 22.0 Å². The summed E-state index contributed by atoms with van der Waals surface area (Å²) < 4.78 is 6.13. The van der Waals surface area contributed by atoms with E-state index in [1.54, 1.807) is 17.5 Å². The summed E-state index contributed by atoms with van der Waals surface area (Å²) >= 11 is 4.75. The molecule has 0 fully saturated rings. The number of ether oxygens (including phenoxy) is 1. The maximum absolute atomic E-state index is 12.5. The Balaban J connectivity index is 2.45. The Morgan fingerprint density at radius 1 is 1.45 bits per heavy atom. The molecule has 0 aliphatic rings. The zero-order valence-electron chi connectivity index (χ0n) is 11.0. The summed E-state index contributed by atoms with van der Waals surface area (Å²) in [6.07, 6.45) is 0. The van der Waals surface area contributed by atoms with Crippen LogP contribution in [0.15, 0.2) is 33.4 Å². The standard InChI is InChI=1S/C15H12BrNO2S/c1-9-3-4-13(19-2)11(5-9)12(7-17)15(18)10-6-14(16)20-8-10/h3-6,8,12H,1-2H3. The van der Waals surface area contributed by atoms with Crippen LogP contribution in [0.5, 0.6) is 5.75 Å². The normalized spacial score (nSPS) is 11.7. The Bertz CT molecular complexity index is 687. The number of hydrogen-bond acceptors (Lipinski definition) is 4. The molecule has 1 unspecified atom stereocenters. The first-order chi connectivity index (χ1) is 9.56. The van der Waals surface area contributed by atoms with Crippen LogP contribution in [0.4, 0.5) is 0 Å². The van der Waals surface area contributed by atoms with Crippen molar-refractivity contribution in [2.45, 2.75) is 12.8 Å². The lowest BCUT2D eigenvalue weighted by molar-refractivity contribution is 0.0978. The fourth-order valence-electron chi connectivity index (χ4n) is 1.95. The number of aryl methyl sites for hydroxylation is 1. The van der Waals surface area contributed by atoms with E-state index < -0.39 is 5.92 Å².